The minimum atomic E-state index is -0.511. The zero-order chi connectivity index (χ0) is 20.1. The second kappa shape index (κ2) is 8.87. The number of carbonyl (C=O) groups excluding carboxylic acids is 2. The summed E-state index contributed by atoms with van der Waals surface area (Å²) in [5.41, 5.74) is 3.21. The molecule has 1 amide bonds. The highest BCUT2D eigenvalue weighted by Gasteiger charge is 2.43. The van der Waals surface area contributed by atoms with Crippen LogP contribution in [0, 0.1) is 6.92 Å². The third kappa shape index (κ3) is 4.01. The second-order valence-corrected chi connectivity index (χ2v) is 7.28. The van der Waals surface area contributed by atoms with Gasteiger partial charge in [-0.25, -0.2) is 0 Å². The molecule has 1 aliphatic rings. The van der Waals surface area contributed by atoms with Crippen molar-refractivity contribution in [1.29, 1.82) is 0 Å². The maximum absolute atomic E-state index is 13.1. The molecule has 1 N–H and O–H groups in total. The van der Waals surface area contributed by atoms with Crippen LogP contribution in [-0.2, 0) is 16.0 Å². The van der Waals surface area contributed by atoms with Crippen molar-refractivity contribution in [2.24, 2.45) is 0 Å². The third-order valence-corrected chi connectivity index (χ3v) is 5.32. The summed E-state index contributed by atoms with van der Waals surface area (Å²) in [6.07, 6.45) is 2.61. The summed E-state index contributed by atoms with van der Waals surface area (Å²) in [5, 5.41) is 10.6. The molecule has 0 saturated heterocycles. The molecule has 0 bridgehead atoms. The molecule has 0 fully saturated rings. The molecule has 2 aromatic rings. The van der Waals surface area contributed by atoms with Gasteiger partial charge in [-0.15, -0.1) is 0 Å². The molecule has 0 aliphatic carbocycles. The lowest BCUT2D eigenvalue weighted by molar-refractivity contribution is -0.129. The molecule has 1 aliphatic heterocycles. The molecule has 0 saturated carbocycles. The van der Waals surface area contributed by atoms with Crippen LogP contribution in [0.1, 0.15) is 48.9 Å². The van der Waals surface area contributed by atoms with Gasteiger partial charge in [0.25, 0.3) is 5.91 Å². The fourth-order valence-electron chi connectivity index (χ4n) is 3.75. The molecule has 0 spiro atoms. The summed E-state index contributed by atoms with van der Waals surface area (Å²) >= 11 is 0. The number of ketones is 1. The molecule has 28 heavy (non-hydrogen) atoms. The van der Waals surface area contributed by atoms with Crippen molar-refractivity contribution in [2.75, 3.05) is 6.54 Å². The van der Waals surface area contributed by atoms with Gasteiger partial charge in [0.05, 0.1) is 11.6 Å². The number of aryl methyl sites for hydroxylation is 2. The molecule has 1 heterocycles. The van der Waals surface area contributed by atoms with Crippen molar-refractivity contribution in [3.05, 3.63) is 82.6 Å². The van der Waals surface area contributed by atoms with E-state index in [0.29, 0.717) is 13.0 Å². The summed E-state index contributed by atoms with van der Waals surface area (Å²) in [7, 11) is 0. The fraction of sp³-hybridized carbons (Fsp3) is 0.333. The van der Waals surface area contributed by atoms with Gasteiger partial charge in [-0.3, -0.25) is 9.59 Å². The zero-order valence-corrected chi connectivity index (χ0v) is 16.5. The number of nitrogens with zero attached hydrogens (tertiary/aromatic N) is 1. The van der Waals surface area contributed by atoms with E-state index < -0.39 is 11.9 Å². The Balaban J connectivity index is 1.92. The molecule has 0 aromatic heterocycles. The van der Waals surface area contributed by atoms with Crippen LogP contribution in [-0.4, -0.2) is 28.2 Å². The minimum absolute atomic E-state index is 0.165. The molecule has 1 unspecified atom stereocenters. The van der Waals surface area contributed by atoms with E-state index in [0.717, 1.165) is 29.5 Å². The van der Waals surface area contributed by atoms with Crippen molar-refractivity contribution in [2.45, 2.75) is 45.6 Å². The Morgan fingerprint density at radius 2 is 1.75 bits per heavy atom. The largest absolute Gasteiger partial charge is 0.503 e. The smallest absolute Gasteiger partial charge is 0.290 e. The second-order valence-electron chi connectivity index (χ2n) is 7.28. The highest BCUT2D eigenvalue weighted by molar-refractivity contribution is 6.09. The maximum Gasteiger partial charge on any atom is 0.290 e. The van der Waals surface area contributed by atoms with Gasteiger partial charge >= 0.3 is 0 Å². The van der Waals surface area contributed by atoms with Crippen LogP contribution >= 0.6 is 0 Å². The summed E-state index contributed by atoms with van der Waals surface area (Å²) in [6, 6.07) is 17.0. The predicted molar refractivity (Wildman–Crippen MR) is 110 cm³/mol. The van der Waals surface area contributed by atoms with E-state index in [1.54, 1.807) is 4.90 Å². The number of rotatable bonds is 8. The summed E-state index contributed by atoms with van der Waals surface area (Å²) in [6.45, 7) is 4.55. The fourth-order valence-corrected chi connectivity index (χ4v) is 3.75. The van der Waals surface area contributed by atoms with Crippen molar-refractivity contribution in [1.82, 2.24) is 4.90 Å². The predicted octanol–water partition coefficient (Wildman–Crippen LogP) is 4.69. The Morgan fingerprint density at radius 1 is 1.07 bits per heavy atom. The molecule has 146 valence electrons. The van der Waals surface area contributed by atoms with Crippen LogP contribution < -0.4 is 0 Å². The van der Waals surface area contributed by atoms with E-state index in [4.69, 9.17) is 0 Å². The molecular formula is C24H27NO3. The van der Waals surface area contributed by atoms with E-state index in [2.05, 4.69) is 6.92 Å². The SMILES string of the molecule is CCCCN1C(=O)C(O)=C(C(=O)CCc2ccccc2)C1c1ccccc1C. The standard InChI is InChI=1S/C24H27NO3/c1-3-4-16-25-22(19-13-9-8-10-17(19)2)21(23(27)24(25)28)20(26)15-14-18-11-6-5-7-12-18/h5-13,22,27H,3-4,14-16H2,1-2H3. The first-order valence-electron chi connectivity index (χ1n) is 9.91. The van der Waals surface area contributed by atoms with Crippen LogP contribution in [0.15, 0.2) is 65.9 Å². The Morgan fingerprint density at radius 3 is 2.43 bits per heavy atom. The summed E-state index contributed by atoms with van der Waals surface area (Å²) in [4.78, 5) is 27.5. The lowest BCUT2D eigenvalue weighted by atomic mass is 9.91. The van der Waals surface area contributed by atoms with Gasteiger partial charge in [0.1, 0.15) is 0 Å². The molecule has 4 nitrogen and oxygen atoms in total. The van der Waals surface area contributed by atoms with Crippen LogP contribution in [0.5, 0.6) is 0 Å². The van der Waals surface area contributed by atoms with Crippen molar-refractivity contribution < 1.29 is 14.7 Å². The number of benzene rings is 2. The lowest BCUT2D eigenvalue weighted by Crippen LogP contribution is -2.32. The first-order valence-corrected chi connectivity index (χ1v) is 9.91. The van der Waals surface area contributed by atoms with Crippen molar-refractivity contribution in [3.63, 3.8) is 0 Å². The monoisotopic (exact) mass is 377 g/mol. The van der Waals surface area contributed by atoms with E-state index in [-0.39, 0.29) is 23.5 Å². The van der Waals surface area contributed by atoms with Gasteiger partial charge < -0.3 is 10.0 Å². The highest BCUT2D eigenvalue weighted by Crippen LogP contribution is 2.39. The van der Waals surface area contributed by atoms with Crippen LogP contribution in [0.4, 0.5) is 0 Å². The number of carbonyl (C=O) groups is 2. The van der Waals surface area contributed by atoms with Crippen LogP contribution in [0.3, 0.4) is 0 Å². The normalized spacial score (nSPS) is 16.7. The summed E-state index contributed by atoms with van der Waals surface area (Å²) in [5.74, 6) is -0.992. The Labute approximate surface area is 166 Å². The summed E-state index contributed by atoms with van der Waals surface area (Å²) < 4.78 is 0. The van der Waals surface area contributed by atoms with Gasteiger partial charge in [0.2, 0.25) is 0 Å². The van der Waals surface area contributed by atoms with E-state index >= 15 is 0 Å². The Kier molecular flexibility index (Phi) is 6.30. The van der Waals surface area contributed by atoms with Gasteiger partial charge in [0.15, 0.2) is 11.5 Å². The zero-order valence-electron chi connectivity index (χ0n) is 16.5. The van der Waals surface area contributed by atoms with Crippen LogP contribution in [0.25, 0.3) is 0 Å². The lowest BCUT2D eigenvalue weighted by Gasteiger charge is -2.28. The Hall–Kier alpha value is -2.88. The Bertz CT molecular complexity index is 886. The third-order valence-electron chi connectivity index (χ3n) is 5.32. The first kappa shape index (κ1) is 19.9. The van der Waals surface area contributed by atoms with Crippen molar-refractivity contribution >= 4 is 11.7 Å². The minimum Gasteiger partial charge on any atom is -0.503 e. The van der Waals surface area contributed by atoms with Gasteiger partial charge in [0, 0.05) is 13.0 Å². The average Bonchev–Trinajstić information content (AvgIpc) is 2.96. The molecular weight excluding hydrogens is 350 g/mol. The maximum atomic E-state index is 13.1. The quantitative estimate of drug-likeness (QED) is 0.726. The average molecular weight is 377 g/mol. The van der Waals surface area contributed by atoms with Crippen molar-refractivity contribution in [3.8, 4) is 0 Å². The topological polar surface area (TPSA) is 57.6 Å². The van der Waals surface area contributed by atoms with E-state index in [9.17, 15) is 14.7 Å². The molecule has 3 rings (SSSR count). The number of amides is 1. The molecule has 1 atom stereocenters. The number of aliphatic hydroxyl groups excluding tert-OH is 1. The number of Topliss-reactive ketones (excluding diaryl/α,β-unsaturated/α-hetero) is 1. The molecule has 0 radical (unpaired) electrons. The molecule has 2 aromatic carbocycles. The molecule has 4 heteroatoms. The number of hydrogen-bond acceptors (Lipinski definition) is 3. The number of aliphatic hydroxyl groups is 1. The number of hydrogen-bond donors (Lipinski definition) is 1. The number of unbranched alkanes of at least 4 members (excludes halogenated alkanes) is 1. The highest BCUT2D eigenvalue weighted by atomic mass is 16.3. The van der Waals surface area contributed by atoms with Gasteiger partial charge in [-0.2, -0.15) is 0 Å². The van der Waals surface area contributed by atoms with Gasteiger partial charge in [-0.05, 0) is 36.5 Å². The van der Waals surface area contributed by atoms with E-state index in [1.165, 1.54) is 0 Å². The van der Waals surface area contributed by atoms with E-state index in [1.807, 2.05) is 61.5 Å². The first-order chi connectivity index (χ1) is 13.5. The van der Waals surface area contributed by atoms with Gasteiger partial charge in [-0.1, -0.05) is 67.9 Å². The van der Waals surface area contributed by atoms with Crippen LogP contribution in [0.2, 0.25) is 0 Å².